The lowest BCUT2D eigenvalue weighted by Gasteiger charge is -2.32. The standard InChI is InChI=1S/C42H28N4O/c1-2-9-26(10-3-1)40-44-41(46-42(45-40)35-23-43-24-37-39(35)33-14-6-7-16-36(33)47-37)27-19-17-25(18-20-27)29-21-28-11-8-15-32-30-12-4-5-13-31(30)34(22-29)38(28)32/h1-24,40-41,44H,(H,45,46). The van der Waals surface area contributed by atoms with Gasteiger partial charge < -0.3 is 9.73 Å². The Labute approximate surface area is 271 Å². The number of aromatic nitrogens is 1. The quantitative estimate of drug-likeness (QED) is 0.210. The summed E-state index contributed by atoms with van der Waals surface area (Å²) in [6.07, 6.45) is 3.24. The van der Waals surface area contributed by atoms with Crippen molar-refractivity contribution in [1.82, 2.24) is 15.6 Å². The molecule has 8 aromatic rings. The van der Waals surface area contributed by atoms with Crippen LogP contribution in [0, 0.1) is 0 Å². The molecule has 0 fully saturated rings. The molecule has 5 heteroatoms. The van der Waals surface area contributed by atoms with Crippen molar-refractivity contribution in [2.45, 2.75) is 12.3 Å². The van der Waals surface area contributed by atoms with E-state index in [4.69, 9.17) is 9.41 Å². The normalized spacial score (nSPS) is 16.7. The number of pyridine rings is 1. The van der Waals surface area contributed by atoms with Gasteiger partial charge in [0.2, 0.25) is 0 Å². The summed E-state index contributed by atoms with van der Waals surface area (Å²) in [6, 6.07) is 47.4. The van der Waals surface area contributed by atoms with Crippen LogP contribution in [0.25, 0.3) is 66.1 Å². The molecule has 0 amide bonds. The lowest BCUT2D eigenvalue weighted by Crippen LogP contribution is -2.45. The van der Waals surface area contributed by atoms with Crippen LogP contribution in [-0.4, -0.2) is 10.8 Å². The Kier molecular flexibility index (Phi) is 5.71. The minimum atomic E-state index is -0.275. The average Bonchev–Trinajstić information content (AvgIpc) is 3.69. The van der Waals surface area contributed by atoms with Gasteiger partial charge in [-0.15, -0.1) is 0 Å². The molecule has 2 unspecified atom stereocenters. The van der Waals surface area contributed by atoms with Gasteiger partial charge in [-0.2, -0.15) is 0 Å². The van der Waals surface area contributed by atoms with Gasteiger partial charge in [0.25, 0.3) is 0 Å². The molecule has 3 heterocycles. The molecule has 0 spiro atoms. The Bertz CT molecular complexity index is 2530. The summed E-state index contributed by atoms with van der Waals surface area (Å²) in [5.74, 6) is 0.781. The number of nitrogens with zero attached hydrogens (tertiary/aromatic N) is 2. The molecule has 5 nitrogen and oxygen atoms in total. The fourth-order valence-electron chi connectivity index (χ4n) is 7.38. The Morgan fingerprint density at radius 2 is 1.30 bits per heavy atom. The van der Waals surface area contributed by atoms with Crippen LogP contribution in [0.3, 0.4) is 0 Å². The highest BCUT2D eigenvalue weighted by Gasteiger charge is 2.28. The fourth-order valence-corrected chi connectivity index (χ4v) is 7.38. The number of amidine groups is 1. The molecule has 2 atom stereocenters. The van der Waals surface area contributed by atoms with E-state index in [1.807, 2.05) is 30.5 Å². The second-order valence-corrected chi connectivity index (χ2v) is 12.3. The van der Waals surface area contributed by atoms with Crippen molar-refractivity contribution in [1.29, 1.82) is 0 Å². The molecule has 0 radical (unpaired) electrons. The van der Waals surface area contributed by atoms with E-state index < -0.39 is 0 Å². The van der Waals surface area contributed by atoms with Crippen LogP contribution in [0.1, 0.15) is 29.0 Å². The number of benzene rings is 6. The monoisotopic (exact) mass is 604 g/mol. The van der Waals surface area contributed by atoms with Crippen LogP contribution in [-0.2, 0) is 0 Å². The smallest absolute Gasteiger partial charge is 0.154 e. The minimum absolute atomic E-state index is 0.152. The predicted molar refractivity (Wildman–Crippen MR) is 190 cm³/mol. The molecular formula is C42H28N4O. The van der Waals surface area contributed by atoms with E-state index >= 15 is 0 Å². The molecule has 2 aliphatic rings. The molecule has 10 rings (SSSR count). The first-order chi connectivity index (χ1) is 23.3. The van der Waals surface area contributed by atoms with Crippen LogP contribution >= 0.6 is 0 Å². The highest BCUT2D eigenvalue weighted by molar-refractivity contribution is 6.18. The van der Waals surface area contributed by atoms with E-state index in [1.165, 1.54) is 44.2 Å². The molecule has 6 aromatic carbocycles. The molecule has 0 saturated carbocycles. The molecule has 2 aromatic heterocycles. The number of para-hydroxylation sites is 1. The van der Waals surface area contributed by atoms with Crippen molar-refractivity contribution in [2.24, 2.45) is 4.99 Å². The lowest BCUT2D eigenvalue weighted by atomic mass is 9.95. The summed E-state index contributed by atoms with van der Waals surface area (Å²) in [5.41, 5.74) is 12.4. The van der Waals surface area contributed by atoms with Gasteiger partial charge in [0.1, 0.15) is 23.8 Å². The largest absolute Gasteiger partial charge is 0.454 e. The van der Waals surface area contributed by atoms with E-state index in [2.05, 4.69) is 125 Å². The van der Waals surface area contributed by atoms with Crippen LogP contribution in [0.2, 0.25) is 0 Å². The highest BCUT2D eigenvalue weighted by atomic mass is 16.3. The van der Waals surface area contributed by atoms with Gasteiger partial charge in [0.05, 0.1) is 6.20 Å². The predicted octanol–water partition coefficient (Wildman–Crippen LogP) is 9.79. The third-order valence-electron chi connectivity index (χ3n) is 9.58. The van der Waals surface area contributed by atoms with Crippen molar-refractivity contribution in [3.8, 4) is 33.4 Å². The maximum atomic E-state index is 6.17. The Morgan fingerprint density at radius 1 is 0.532 bits per heavy atom. The van der Waals surface area contributed by atoms with Crippen LogP contribution in [0.5, 0.6) is 0 Å². The molecule has 0 saturated heterocycles. The molecule has 1 aliphatic heterocycles. The summed E-state index contributed by atoms with van der Waals surface area (Å²) in [5, 5.41) is 12.1. The van der Waals surface area contributed by atoms with Crippen molar-refractivity contribution in [3.63, 3.8) is 0 Å². The van der Waals surface area contributed by atoms with Gasteiger partial charge in [-0.05, 0) is 73.5 Å². The second kappa shape index (κ2) is 10.2. The third kappa shape index (κ3) is 4.14. The van der Waals surface area contributed by atoms with Gasteiger partial charge in [-0.1, -0.05) is 115 Å². The number of furan rings is 1. The maximum Gasteiger partial charge on any atom is 0.154 e. The Hall–Kier alpha value is -6.04. The molecule has 47 heavy (non-hydrogen) atoms. The first-order valence-corrected chi connectivity index (χ1v) is 16.0. The third-order valence-corrected chi connectivity index (χ3v) is 9.58. The van der Waals surface area contributed by atoms with E-state index in [0.29, 0.717) is 0 Å². The number of nitrogens with one attached hydrogen (secondary N) is 2. The second-order valence-electron chi connectivity index (χ2n) is 12.3. The van der Waals surface area contributed by atoms with Gasteiger partial charge in [-0.25, -0.2) is 4.99 Å². The average molecular weight is 605 g/mol. The summed E-state index contributed by atoms with van der Waals surface area (Å²) >= 11 is 0. The Morgan fingerprint density at radius 3 is 2.17 bits per heavy atom. The van der Waals surface area contributed by atoms with Crippen LogP contribution in [0.4, 0.5) is 0 Å². The van der Waals surface area contributed by atoms with Crippen molar-refractivity contribution >= 4 is 38.5 Å². The van der Waals surface area contributed by atoms with E-state index in [-0.39, 0.29) is 12.3 Å². The summed E-state index contributed by atoms with van der Waals surface area (Å²) in [7, 11) is 0. The number of aliphatic imine (C=N–C) groups is 1. The first-order valence-electron chi connectivity index (χ1n) is 16.0. The molecule has 2 N–H and O–H groups in total. The zero-order valence-corrected chi connectivity index (χ0v) is 25.3. The SMILES string of the molecule is c1ccc(C2NC(c3cncc4oc5ccccc5c34)=NC(c3ccc(-c4cc5c6c(cccc6c4)-c4ccccc4-5)cc3)N2)cc1. The van der Waals surface area contributed by atoms with E-state index in [1.54, 1.807) is 6.20 Å². The number of hydrogen-bond donors (Lipinski definition) is 2. The van der Waals surface area contributed by atoms with E-state index in [0.717, 1.165) is 44.5 Å². The molecule has 1 aliphatic carbocycles. The van der Waals surface area contributed by atoms with Crippen molar-refractivity contribution < 1.29 is 4.42 Å². The zero-order valence-electron chi connectivity index (χ0n) is 25.3. The summed E-state index contributed by atoms with van der Waals surface area (Å²) in [6.45, 7) is 0. The van der Waals surface area contributed by atoms with Crippen LogP contribution < -0.4 is 10.6 Å². The van der Waals surface area contributed by atoms with Gasteiger partial charge in [0.15, 0.2) is 5.58 Å². The van der Waals surface area contributed by atoms with E-state index in [9.17, 15) is 0 Å². The summed E-state index contributed by atoms with van der Waals surface area (Å²) in [4.78, 5) is 9.79. The van der Waals surface area contributed by atoms with Crippen LogP contribution in [0.15, 0.2) is 155 Å². The first kappa shape index (κ1) is 26.2. The Balaban J connectivity index is 1.06. The number of fused-ring (bicyclic) bond motifs is 6. The summed E-state index contributed by atoms with van der Waals surface area (Å²) < 4.78 is 6.17. The van der Waals surface area contributed by atoms with Crippen molar-refractivity contribution in [3.05, 3.63) is 163 Å². The maximum absolute atomic E-state index is 6.17. The van der Waals surface area contributed by atoms with Gasteiger partial charge >= 0.3 is 0 Å². The number of rotatable bonds is 4. The lowest BCUT2D eigenvalue weighted by molar-refractivity contribution is 0.409. The van der Waals surface area contributed by atoms with Gasteiger partial charge in [0, 0.05) is 22.5 Å². The zero-order chi connectivity index (χ0) is 30.9. The minimum Gasteiger partial charge on any atom is -0.454 e. The topological polar surface area (TPSA) is 62.5 Å². The number of hydrogen-bond acceptors (Lipinski definition) is 5. The molecule has 0 bridgehead atoms. The fraction of sp³-hybridized carbons (Fsp3) is 0.0476. The van der Waals surface area contributed by atoms with Gasteiger partial charge in [-0.3, -0.25) is 10.3 Å². The molecule has 222 valence electrons. The molecular weight excluding hydrogens is 576 g/mol. The van der Waals surface area contributed by atoms with Crippen molar-refractivity contribution in [2.75, 3.05) is 0 Å². The highest BCUT2D eigenvalue weighted by Crippen LogP contribution is 2.48.